The van der Waals surface area contributed by atoms with E-state index in [2.05, 4.69) is 20.7 Å². The first-order valence-corrected chi connectivity index (χ1v) is 9.40. The summed E-state index contributed by atoms with van der Waals surface area (Å²) in [6, 6.07) is 4.92. The van der Waals surface area contributed by atoms with Gasteiger partial charge in [0.2, 0.25) is 10.0 Å². The van der Waals surface area contributed by atoms with Crippen molar-refractivity contribution >= 4 is 37.7 Å². The molecular formula is C12H18BrNO3S2. The Morgan fingerprint density at radius 3 is 2.74 bits per heavy atom. The zero-order valence-corrected chi connectivity index (χ0v) is 14.4. The molecule has 0 heterocycles. The Kier molecular flexibility index (Phi) is 6.65. The maximum absolute atomic E-state index is 12.3. The summed E-state index contributed by atoms with van der Waals surface area (Å²) in [6.45, 7) is 2.43. The van der Waals surface area contributed by atoms with Gasteiger partial charge in [0.1, 0.15) is 10.6 Å². The summed E-state index contributed by atoms with van der Waals surface area (Å²) in [5.41, 5.74) is 0. The highest BCUT2D eigenvalue weighted by molar-refractivity contribution is 9.10. The lowest BCUT2D eigenvalue weighted by Gasteiger charge is -2.14. The van der Waals surface area contributed by atoms with Crippen LogP contribution in [0.1, 0.15) is 6.92 Å². The number of methoxy groups -OCH3 is 1. The first-order chi connectivity index (χ1) is 8.90. The van der Waals surface area contributed by atoms with Crippen LogP contribution in [0.3, 0.4) is 0 Å². The van der Waals surface area contributed by atoms with Crippen LogP contribution in [-0.4, -0.2) is 34.1 Å². The Morgan fingerprint density at radius 2 is 2.16 bits per heavy atom. The van der Waals surface area contributed by atoms with Gasteiger partial charge >= 0.3 is 0 Å². The van der Waals surface area contributed by atoms with E-state index in [9.17, 15) is 8.42 Å². The molecule has 0 aromatic heterocycles. The molecule has 0 aliphatic heterocycles. The first kappa shape index (κ1) is 16.8. The second kappa shape index (κ2) is 7.52. The highest BCUT2D eigenvalue weighted by Gasteiger charge is 2.20. The van der Waals surface area contributed by atoms with E-state index < -0.39 is 10.0 Å². The Labute approximate surface area is 127 Å². The van der Waals surface area contributed by atoms with Gasteiger partial charge in [-0.05, 0) is 36.1 Å². The van der Waals surface area contributed by atoms with Crippen LogP contribution in [0.15, 0.2) is 27.6 Å². The van der Waals surface area contributed by atoms with Crippen molar-refractivity contribution in [3.8, 4) is 5.75 Å². The van der Waals surface area contributed by atoms with Crippen LogP contribution in [0.2, 0.25) is 0 Å². The van der Waals surface area contributed by atoms with Gasteiger partial charge in [-0.25, -0.2) is 13.1 Å². The average Bonchev–Trinajstić information content (AvgIpc) is 2.37. The lowest BCUT2D eigenvalue weighted by atomic mass is 10.2. The summed E-state index contributed by atoms with van der Waals surface area (Å²) in [5.74, 6) is 1.54. The molecular weight excluding hydrogens is 350 g/mol. The molecule has 108 valence electrons. The number of thioether (sulfide) groups is 1. The second-order valence-electron chi connectivity index (χ2n) is 4.21. The largest absolute Gasteiger partial charge is 0.495 e. The lowest BCUT2D eigenvalue weighted by Crippen LogP contribution is -2.29. The molecule has 1 atom stereocenters. The predicted molar refractivity (Wildman–Crippen MR) is 83.4 cm³/mol. The Hall–Kier alpha value is -0.240. The molecule has 1 aromatic carbocycles. The fraction of sp³-hybridized carbons (Fsp3) is 0.500. The Balaban J connectivity index is 2.91. The van der Waals surface area contributed by atoms with Gasteiger partial charge in [-0.15, -0.1) is 0 Å². The van der Waals surface area contributed by atoms with Crippen molar-refractivity contribution in [3.05, 3.63) is 22.7 Å². The number of hydrogen-bond acceptors (Lipinski definition) is 4. The molecule has 1 N–H and O–H groups in total. The minimum absolute atomic E-state index is 0.153. The zero-order valence-electron chi connectivity index (χ0n) is 11.1. The van der Waals surface area contributed by atoms with Crippen molar-refractivity contribution in [2.24, 2.45) is 5.92 Å². The third-order valence-corrected chi connectivity index (χ3v) is 5.33. The molecule has 1 rings (SSSR count). The van der Waals surface area contributed by atoms with Crippen LogP contribution in [0.5, 0.6) is 5.75 Å². The van der Waals surface area contributed by atoms with Gasteiger partial charge in [-0.2, -0.15) is 11.8 Å². The quantitative estimate of drug-likeness (QED) is 0.804. The maximum atomic E-state index is 12.3. The summed E-state index contributed by atoms with van der Waals surface area (Å²) in [7, 11) is -2.10. The number of benzene rings is 1. The fourth-order valence-corrected chi connectivity index (χ4v) is 4.09. The molecule has 0 saturated heterocycles. The molecule has 0 saturated carbocycles. The van der Waals surface area contributed by atoms with E-state index in [0.717, 1.165) is 5.75 Å². The average molecular weight is 368 g/mol. The van der Waals surface area contributed by atoms with E-state index in [0.29, 0.717) is 16.8 Å². The van der Waals surface area contributed by atoms with Gasteiger partial charge in [0.25, 0.3) is 0 Å². The molecule has 1 aromatic rings. The summed E-state index contributed by atoms with van der Waals surface area (Å²) in [4.78, 5) is 0.153. The van der Waals surface area contributed by atoms with E-state index in [-0.39, 0.29) is 10.8 Å². The molecule has 0 amide bonds. The minimum atomic E-state index is -3.55. The third kappa shape index (κ3) is 4.98. The molecule has 1 unspecified atom stereocenters. The molecule has 4 nitrogen and oxygen atoms in total. The molecule has 7 heteroatoms. The van der Waals surface area contributed by atoms with Crippen molar-refractivity contribution in [1.29, 1.82) is 0 Å². The van der Waals surface area contributed by atoms with Gasteiger partial charge in [-0.1, -0.05) is 22.9 Å². The van der Waals surface area contributed by atoms with Gasteiger partial charge in [0.15, 0.2) is 0 Å². The van der Waals surface area contributed by atoms with E-state index in [4.69, 9.17) is 4.74 Å². The SMILES string of the molecule is COc1ccc(Br)cc1S(=O)(=O)NCC(C)CSC. The summed E-state index contributed by atoms with van der Waals surface area (Å²) >= 11 is 4.97. The summed E-state index contributed by atoms with van der Waals surface area (Å²) in [6.07, 6.45) is 2.00. The van der Waals surface area contributed by atoms with Crippen LogP contribution in [-0.2, 0) is 10.0 Å². The third-order valence-electron chi connectivity index (χ3n) is 2.49. The standard InChI is InChI=1S/C12H18BrNO3S2/c1-9(8-18-3)7-14-19(15,16)12-6-10(13)4-5-11(12)17-2/h4-6,9,14H,7-8H2,1-3H3. The fourth-order valence-electron chi connectivity index (χ4n) is 1.53. The predicted octanol–water partition coefficient (Wildman–Crippen LogP) is 2.74. The van der Waals surface area contributed by atoms with Crippen LogP contribution < -0.4 is 9.46 Å². The maximum Gasteiger partial charge on any atom is 0.244 e. The van der Waals surface area contributed by atoms with Crippen molar-refractivity contribution in [2.45, 2.75) is 11.8 Å². The Bertz CT molecular complexity index is 520. The van der Waals surface area contributed by atoms with E-state index in [1.54, 1.807) is 30.0 Å². The number of nitrogens with one attached hydrogen (secondary N) is 1. The second-order valence-corrected chi connectivity index (χ2v) is 7.77. The molecule has 0 spiro atoms. The lowest BCUT2D eigenvalue weighted by molar-refractivity contribution is 0.402. The molecule has 19 heavy (non-hydrogen) atoms. The van der Waals surface area contributed by atoms with Gasteiger partial charge in [-0.3, -0.25) is 0 Å². The number of halogens is 1. The van der Waals surface area contributed by atoms with Crippen LogP contribution in [0.4, 0.5) is 0 Å². The smallest absolute Gasteiger partial charge is 0.244 e. The summed E-state index contributed by atoms with van der Waals surface area (Å²) < 4.78 is 32.9. The minimum Gasteiger partial charge on any atom is -0.495 e. The number of sulfonamides is 1. The van der Waals surface area contributed by atoms with E-state index >= 15 is 0 Å². The van der Waals surface area contributed by atoms with Gasteiger partial charge < -0.3 is 4.74 Å². The van der Waals surface area contributed by atoms with Gasteiger partial charge in [0, 0.05) is 11.0 Å². The van der Waals surface area contributed by atoms with Crippen molar-refractivity contribution < 1.29 is 13.2 Å². The van der Waals surface area contributed by atoms with Crippen molar-refractivity contribution in [3.63, 3.8) is 0 Å². The normalized spacial score (nSPS) is 13.3. The van der Waals surface area contributed by atoms with Crippen LogP contribution >= 0.6 is 27.7 Å². The van der Waals surface area contributed by atoms with Crippen LogP contribution in [0, 0.1) is 5.92 Å². The molecule has 0 fully saturated rings. The Morgan fingerprint density at radius 1 is 1.47 bits per heavy atom. The van der Waals surface area contributed by atoms with Gasteiger partial charge in [0.05, 0.1) is 7.11 Å². The number of ether oxygens (including phenoxy) is 1. The van der Waals surface area contributed by atoms with E-state index in [1.807, 2.05) is 13.2 Å². The van der Waals surface area contributed by atoms with E-state index in [1.165, 1.54) is 7.11 Å². The zero-order chi connectivity index (χ0) is 14.5. The number of rotatable bonds is 7. The summed E-state index contributed by atoms with van der Waals surface area (Å²) in [5, 5.41) is 0. The highest BCUT2D eigenvalue weighted by atomic mass is 79.9. The first-order valence-electron chi connectivity index (χ1n) is 5.73. The molecule has 0 aliphatic carbocycles. The van der Waals surface area contributed by atoms with Crippen LogP contribution in [0.25, 0.3) is 0 Å². The highest BCUT2D eigenvalue weighted by Crippen LogP contribution is 2.27. The van der Waals surface area contributed by atoms with Crippen molar-refractivity contribution in [1.82, 2.24) is 4.72 Å². The molecule has 0 bridgehead atoms. The number of hydrogen-bond donors (Lipinski definition) is 1. The molecule has 0 radical (unpaired) electrons. The molecule has 0 aliphatic rings. The topological polar surface area (TPSA) is 55.4 Å². The van der Waals surface area contributed by atoms with Crippen molar-refractivity contribution in [2.75, 3.05) is 25.7 Å². The monoisotopic (exact) mass is 367 g/mol.